The summed E-state index contributed by atoms with van der Waals surface area (Å²) in [7, 11) is 1.67. The molecule has 0 radical (unpaired) electrons. The number of para-hydroxylation sites is 2. The largest absolute Gasteiger partial charge is 0.496 e. The van der Waals surface area contributed by atoms with Crippen molar-refractivity contribution in [3.8, 4) is 17.2 Å². The fourth-order valence-corrected chi connectivity index (χ4v) is 2.68. The van der Waals surface area contributed by atoms with Crippen LogP contribution in [0.3, 0.4) is 0 Å². The van der Waals surface area contributed by atoms with Crippen molar-refractivity contribution in [2.45, 2.75) is 32.5 Å². The Hall–Kier alpha value is -2.16. The first-order chi connectivity index (χ1) is 10.1. The molecular weight excluding hydrogens is 264 g/mol. The Labute approximate surface area is 125 Å². The lowest BCUT2D eigenvalue weighted by Crippen LogP contribution is -2.24. The molecule has 2 aromatic carbocycles. The van der Waals surface area contributed by atoms with Crippen molar-refractivity contribution in [2.75, 3.05) is 7.11 Å². The molecule has 0 bridgehead atoms. The predicted octanol–water partition coefficient (Wildman–Crippen LogP) is 3.99. The minimum absolute atomic E-state index is 0.160. The molecule has 21 heavy (non-hydrogen) atoms. The van der Waals surface area contributed by atoms with Gasteiger partial charge in [0.05, 0.1) is 7.11 Å². The highest BCUT2D eigenvalue weighted by Crippen LogP contribution is 2.42. The summed E-state index contributed by atoms with van der Waals surface area (Å²) >= 11 is 0. The van der Waals surface area contributed by atoms with E-state index in [1.54, 1.807) is 7.11 Å². The van der Waals surface area contributed by atoms with Crippen LogP contribution in [0.4, 0.5) is 0 Å². The molecule has 0 unspecified atom stereocenters. The van der Waals surface area contributed by atoms with Gasteiger partial charge in [-0.25, -0.2) is 0 Å². The smallest absolute Gasteiger partial charge is 0.165 e. The molecule has 1 aliphatic rings. The topological polar surface area (TPSA) is 27.7 Å². The van der Waals surface area contributed by atoms with Crippen LogP contribution in [0.1, 0.15) is 25.0 Å². The van der Waals surface area contributed by atoms with Gasteiger partial charge in [-0.2, -0.15) is 0 Å². The van der Waals surface area contributed by atoms with E-state index in [1.165, 1.54) is 5.56 Å². The van der Waals surface area contributed by atoms with Gasteiger partial charge in [0, 0.05) is 17.5 Å². The van der Waals surface area contributed by atoms with Gasteiger partial charge in [0.2, 0.25) is 0 Å². The van der Waals surface area contributed by atoms with Gasteiger partial charge in [-0.3, -0.25) is 0 Å². The highest BCUT2D eigenvalue weighted by atomic mass is 16.5. The van der Waals surface area contributed by atoms with Crippen LogP contribution in [-0.2, 0) is 13.0 Å². The van der Waals surface area contributed by atoms with Gasteiger partial charge in [0.25, 0.3) is 0 Å². The molecule has 0 fully saturated rings. The minimum Gasteiger partial charge on any atom is -0.496 e. The van der Waals surface area contributed by atoms with E-state index < -0.39 is 0 Å². The zero-order valence-electron chi connectivity index (χ0n) is 12.7. The molecule has 0 saturated carbocycles. The van der Waals surface area contributed by atoms with Crippen LogP contribution >= 0.6 is 0 Å². The highest BCUT2D eigenvalue weighted by Gasteiger charge is 2.32. The van der Waals surface area contributed by atoms with Crippen molar-refractivity contribution in [3.05, 3.63) is 53.6 Å². The Morgan fingerprint density at radius 2 is 1.81 bits per heavy atom. The molecule has 3 heteroatoms. The maximum atomic E-state index is 6.01. The molecule has 0 N–H and O–H groups in total. The molecule has 2 aromatic rings. The minimum atomic E-state index is -0.160. The monoisotopic (exact) mass is 284 g/mol. The van der Waals surface area contributed by atoms with Crippen molar-refractivity contribution in [2.24, 2.45) is 0 Å². The summed E-state index contributed by atoms with van der Waals surface area (Å²) in [6, 6.07) is 13.9. The summed E-state index contributed by atoms with van der Waals surface area (Å²) in [5, 5.41) is 0. The first-order valence-electron chi connectivity index (χ1n) is 7.15. The van der Waals surface area contributed by atoms with Crippen LogP contribution in [0.25, 0.3) is 0 Å². The first kappa shape index (κ1) is 13.8. The maximum Gasteiger partial charge on any atom is 0.165 e. The second-order valence-electron chi connectivity index (χ2n) is 5.88. The molecule has 0 spiro atoms. The van der Waals surface area contributed by atoms with Crippen molar-refractivity contribution in [1.82, 2.24) is 0 Å². The van der Waals surface area contributed by atoms with E-state index in [1.807, 2.05) is 36.4 Å². The van der Waals surface area contributed by atoms with E-state index in [2.05, 4.69) is 19.9 Å². The number of hydrogen-bond acceptors (Lipinski definition) is 3. The molecule has 3 rings (SSSR count). The van der Waals surface area contributed by atoms with Crippen molar-refractivity contribution in [1.29, 1.82) is 0 Å². The first-order valence-corrected chi connectivity index (χ1v) is 7.15. The summed E-state index contributed by atoms with van der Waals surface area (Å²) in [6.45, 7) is 4.65. The molecule has 0 atom stereocenters. The number of fused-ring (bicyclic) bond motifs is 1. The van der Waals surface area contributed by atoms with E-state index in [4.69, 9.17) is 14.2 Å². The lowest BCUT2D eigenvalue weighted by molar-refractivity contribution is 0.131. The lowest BCUT2D eigenvalue weighted by Gasteiger charge is -2.18. The number of rotatable bonds is 4. The Balaban J connectivity index is 1.80. The van der Waals surface area contributed by atoms with E-state index >= 15 is 0 Å². The van der Waals surface area contributed by atoms with Gasteiger partial charge in [-0.05, 0) is 26.0 Å². The second kappa shape index (κ2) is 5.32. The zero-order valence-corrected chi connectivity index (χ0v) is 12.7. The predicted molar refractivity (Wildman–Crippen MR) is 82.2 cm³/mol. The molecule has 0 amide bonds. The van der Waals surface area contributed by atoms with Crippen molar-refractivity contribution < 1.29 is 14.2 Å². The third-order valence-electron chi connectivity index (χ3n) is 3.63. The third-order valence-corrected chi connectivity index (χ3v) is 3.63. The van der Waals surface area contributed by atoms with Crippen LogP contribution in [0, 0.1) is 0 Å². The van der Waals surface area contributed by atoms with Gasteiger partial charge in [0.1, 0.15) is 18.0 Å². The summed E-state index contributed by atoms with van der Waals surface area (Å²) in [4.78, 5) is 0. The van der Waals surface area contributed by atoms with Crippen LogP contribution < -0.4 is 14.2 Å². The average Bonchev–Trinajstić information content (AvgIpc) is 2.79. The molecule has 0 saturated heterocycles. The number of ether oxygens (including phenoxy) is 3. The summed E-state index contributed by atoms with van der Waals surface area (Å²) < 4.78 is 17.3. The molecule has 3 nitrogen and oxygen atoms in total. The van der Waals surface area contributed by atoms with Gasteiger partial charge < -0.3 is 14.2 Å². The molecule has 110 valence electrons. The third kappa shape index (κ3) is 2.82. The van der Waals surface area contributed by atoms with Gasteiger partial charge in [0.15, 0.2) is 11.5 Å². The highest BCUT2D eigenvalue weighted by molar-refractivity contribution is 5.50. The molecular formula is C18H20O3. The fourth-order valence-electron chi connectivity index (χ4n) is 2.68. The van der Waals surface area contributed by atoms with Crippen LogP contribution in [0.5, 0.6) is 17.2 Å². The Bertz CT molecular complexity index is 647. The standard InChI is InChI=1S/C18H20O3/c1-18(2)11-13-8-6-10-16(17(13)21-18)20-12-14-7-4-5-9-15(14)19-3/h4-10H,11-12H2,1-3H3. The van der Waals surface area contributed by atoms with Gasteiger partial charge in [-0.15, -0.1) is 0 Å². The number of benzene rings is 2. The molecule has 0 aliphatic carbocycles. The Morgan fingerprint density at radius 1 is 1.05 bits per heavy atom. The number of hydrogen-bond donors (Lipinski definition) is 0. The van der Waals surface area contributed by atoms with E-state index in [9.17, 15) is 0 Å². The molecule has 1 aliphatic heterocycles. The van der Waals surface area contributed by atoms with E-state index in [0.29, 0.717) is 6.61 Å². The quantitative estimate of drug-likeness (QED) is 0.849. The maximum absolute atomic E-state index is 6.01. The number of methoxy groups -OCH3 is 1. The molecule has 0 aromatic heterocycles. The Morgan fingerprint density at radius 3 is 2.62 bits per heavy atom. The summed E-state index contributed by atoms with van der Waals surface area (Å²) in [5.41, 5.74) is 2.07. The van der Waals surface area contributed by atoms with E-state index in [-0.39, 0.29) is 5.60 Å². The van der Waals surface area contributed by atoms with E-state index in [0.717, 1.165) is 29.2 Å². The van der Waals surface area contributed by atoms with Crippen molar-refractivity contribution >= 4 is 0 Å². The van der Waals surface area contributed by atoms with Crippen LogP contribution in [0.2, 0.25) is 0 Å². The normalized spacial score (nSPS) is 15.2. The molecule has 1 heterocycles. The van der Waals surface area contributed by atoms with Crippen molar-refractivity contribution in [3.63, 3.8) is 0 Å². The van der Waals surface area contributed by atoms with Gasteiger partial charge in [-0.1, -0.05) is 30.3 Å². The summed E-state index contributed by atoms with van der Waals surface area (Å²) in [6.07, 6.45) is 0.911. The fraction of sp³-hybridized carbons (Fsp3) is 0.333. The summed E-state index contributed by atoms with van der Waals surface area (Å²) in [5.74, 6) is 2.51. The van der Waals surface area contributed by atoms with Crippen LogP contribution in [0.15, 0.2) is 42.5 Å². The SMILES string of the molecule is COc1ccccc1COc1cccc2c1OC(C)(C)C2. The Kier molecular flexibility index (Phi) is 3.50. The van der Waals surface area contributed by atoms with Gasteiger partial charge >= 0.3 is 0 Å². The average molecular weight is 284 g/mol. The second-order valence-corrected chi connectivity index (χ2v) is 5.88. The zero-order chi connectivity index (χ0) is 14.9. The lowest BCUT2D eigenvalue weighted by atomic mass is 10.0. The van der Waals surface area contributed by atoms with Crippen LogP contribution in [-0.4, -0.2) is 12.7 Å².